The fourth-order valence-electron chi connectivity index (χ4n) is 1.60. The number of thioether (sulfide) groups is 1. The largest absolute Gasteiger partial charge is 0.490 e. The predicted octanol–water partition coefficient (Wildman–Crippen LogP) is 1.96. The van der Waals surface area contributed by atoms with E-state index in [-0.39, 0.29) is 0 Å². The number of nitrogens with two attached hydrogens (primary N) is 1. The Kier molecular flexibility index (Phi) is 3.88. The molecule has 0 aliphatic carbocycles. The summed E-state index contributed by atoms with van der Waals surface area (Å²) in [6.07, 6.45) is 1.51. The molecule has 1 aliphatic heterocycles. The first-order chi connectivity index (χ1) is 7.38. The van der Waals surface area contributed by atoms with E-state index in [0.29, 0.717) is 12.7 Å². The van der Waals surface area contributed by atoms with Gasteiger partial charge < -0.3 is 4.74 Å². The summed E-state index contributed by atoms with van der Waals surface area (Å²) in [4.78, 5) is 4.59. The van der Waals surface area contributed by atoms with Crippen molar-refractivity contribution >= 4 is 11.8 Å². The molecule has 1 unspecified atom stereocenters. The highest BCUT2D eigenvalue weighted by Crippen LogP contribution is 2.23. The van der Waals surface area contributed by atoms with E-state index in [4.69, 9.17) is 10.6 Å². The summed E-state index contributed by atoms with van der Waals surface area (Å²) in [5.74, 6) is 8.24. The van der Waals surface area contributed by atoms with Gasteiger partial charge in [0.1, 0.15) is 11.9 Å². The van der Waals surface area contributed by atoms with Crippen molar-refractivity contribution in [1.29, 1.82) is 0 Å². The van der Waals surface area contributed by atoms with E-state index in [9.17, 15) is 0 Å². The Balaban J connectivity index is 1.97. The molecular weight excluding hydrogens is 210 g/mol. The molecule has 1 atom stereocenters. The maximum absolute atomic E-state index is 5.85. The van der Waals surface area contributed by atoms with E-state index in [1.54, 1.807) is 0 Å². The van der Waals surface area contributed by atoms with Gasteiger partial charge in [0.25, 0.3) is 0 Å². The molecule has 4 heteroatoms. The van der Waals surface area contributed by atoms with Crippen LogP contribution < -0.4 is 10.6 Å². The van der Waals surface area contributed by atoms with Crippen LogP contribution in [0.25, 0.3) is 0 Å². The van der Waals surface area contributed by atoms with Crippen molar-refractivity contribution < 1.29 is 9.57 Å². The van der Waals surface area contributed by atoms with Crippen LogP contribution in [-0.2, 0) is 11.4 Å². The highest BCUT2D eigenvalue weighted by Gasteiger charge is 2.16. The molecule has 1 aromatic carbocycles. The van der Waals surface area contributed by atoms with Gasteiger partial charge in [-0.1, -0.05) is 12.1 Å². The first-order valence-corrected chi connectivity index (χ1v) is 6.19. The Morgan fingerprint density at radius 1 is 1.47 bits per heavy atom. The molecular formula is C11H15NO2S. The molecule has 0 spiro atoms. The van der Waals surface area contributed by atoms with E-state index >= 15 is 0 Å². The van der Waals surface area contributed by atoms with Gasteiger partial charge in [0, 0.05) is 5.75 Å². The van der Waals surface area contributed by atoms with Crippen molar-refractivity contribution in [3.8, 4) is 5.75 Å². The van der Waals surface area contributed by atoms with Crippen LogP contribution >= 0.6 is 11.8 Å². The van der Waals surface area contributed by atoms with E-state index < -0.39 is 0 Å². The van der Waals surface area contributed by atoms with Crippen LogP contribution in [0.2, 0.25) is 0 Å². The number of rotatable bonds is 4. The molecule has 0 aromatic heterocycles. The van der Waals surface area contributed by atoms with Crippen LogP contribution in [0.3, 0.4) is 0 Å². The summed E-state index contributed by atoms with van der Waals surface area (Å²) in [6, 6.07) is 7.90. The molecule has 1 fully saturated rings. The normalized spacial score (nSPS) is 20.5. The van der Waals surface area contributed by atoms with Crippen molar-refractivity contribution in [3.05, 3.63) is 29.8 Å². The summed E-state index contributed by atoms with van der Waals surface area (Å²) in [7, 11) is 0. The maximum Gasteiger partial charge on any atom is 0.120 e. The molecule has 1 saturated heterocycles. The van der Waals surface area contributed by atoms with E-state index in [0.717, 1.165) is 23.5 Å². The third-order valence-electron chi connectivity index (χ3n) is 2.34. The van der Waals surface area contributed by atoms with Crippen molar-refractivity contribution in [2.75, 3.05) is 11.5 Å². The molecule has 1 aliphatic rings. The molecule has 15 heavy (non-hydrogen) atoms. The lowest BCUT2D eigenvalue weighted by atomic mass is 10.2. The average molecular weight is 225 g/mol. The molecule has 2 N–H and O–H groups in total. The zero-order valence-electron chi connectivity index (χ0n) is 8.52. The molecule has 1 heterocycles. The SMILES string of the molecule is NOCc1cccc(OC2CCSC2)c1. The Bertz CT molecular complexity index is 313. The number of ether oxygens (including phenoxy) is 1. The standard InChI is InChI=1S/C11H15NO2S/c12-13-7-9-2-1-3-10(6-9)14-11-4-5-15-8-11/h1-3,6,11H,4-5,7-8,12H2. The lowest BCUT2D eigenvalue weighted by Gasteiger charge is -2.12. The Labute approximate surface area is 93.9 Å². The van der Waals surface area contributed by atoms with Gasteiger partial charge in [-0.3, -0.25) is 4.84 Å². The second kappa shape index (κ2) is 5.39. The van der Waals surface area contributed by atoms with Crippen LogP contribution in [0.4, 0.5) is 0 Å². The highest BCUT2D eigenvalue weighted by molar-refractivity contribution is 7.99. The first kappa shape index (κ1) is 10.8. The van der Waals surface area contributed by atoms with Crippen LogP contribution in [0, 0.1) is 0 Å². The second-order valence-electron chi connectivity index (χ2n) is 3.56. The summed E-state index contributed by atoms with van der Waals surface area (Å²) in [6.45, 7) is 0.427. The smallest absolute Gasteiger partial charge is 0.120 e. The molecule has 0 amide bonds. The zero-order valence-corrected chi connectivity index (χ0v) is 9.33. The molecule has 0 radical (unpaired) electrons. The second-order valence-corrected chi connectivity index (χ2v) is 4.71. The number of benzene rings is 1. The third-order valence-corrected chi connectivity index (χ3v) is 3.47. The van der Waals surface area contributed by atoms with Crippen LogP contribution in [0.5, 0.6) is 5.75 Å². The molecule has 1 aromatic rings. The van der Waals surface area contributed by atoms with Gasteiger partial charge >= 0.3 is 0 Å². The minimum absolute atomic E-state index is 0.365. The van der Waals surface area contributed by atoms with E-state index in [2.05, 4.69) is 4.84 Å². The predicted molar refractivity (Wildman–Crippen MR) is 61.8 cm³/mol. The summed E-state index contributed by atoms with van der Waals surface area (Å²) in [5, 5.41) is 0. The molecule has 0 bridgehead atoms. The van der Waals surface area contributed by atoms with E-state index in [1.807, 2.05) is 36.0 Å². The minimum Gasteiger partial charge on any atom is -0.490 e. The number of hydrogen-bond donors (Lipinski definition) is 1. The molecule has 3 nitrogen and oxygen atoms in total. The number of hydrogen-bond acceptors (Lipinski definition) is 4. The average Bonchev–Trinajstić information content (AvgIpc) is 2.71. The topological polar surface area (TPSA) is 44.5 Å². The summed E-state index contributed by atoms with van der Waals surface area (Å²) >= 11 is 1.95. The Morgan fingerprint density at radius 3 is 3.13 bits per heavy atom. The van der Waals surface area contributed by atoms with Crippen molar-refractivity contribution in [2.24, 2.45) is 5.90 Å². The molecule has 82 valence electrons. The van der Waals surface area contributed by atoms with Crippen LogP contribution in [0.15, 0.2) is 24.3 Å². The fraction of sp³-hybridized carbons (Fsp3) is 0.455. The Hall–Kier alpha value is -0.710. The van der Waals surface area contributed by atoms with Crippen molar-refractivity contribution in [3.63, 3.8) is 0 Å². The highest BCUT2D eigenvalue weighted by atomic mass is 32.2. The van der Waals surface area contributed by atoms with E-state index in [1.165, 1.54) is 5.75 Å². The van der Waals surface area contributed by atoms with Gasteiger partial charge in [0.15, 0.2) is 0 Å². The third kappa shape index (κ3) is 3.12. The van der Waals surface area contributed by atoms with Gasteiger partial charge in [-0.15, -0.1) is 0 Å². The minimum atomic E-state index is 0.365. The van der Waals surface area contributed by atoms with Crippen LogP contribution in [-0.4, -0.2) is 17.6 Å². The first-order valence-electron chi connectivity index (χ1n) is 5.03. The fourth-order valence-corrected chi connectivity index (χ4v) is 2.70. The van der Waals surface area contributed by atoms with Crippen molar-refractivity contribution in [1.82, 2.24) is 0 Å². The Morgan fingerprint density at radius 2 is 2.40 bits per heavy atom. The quantitative estimate of drug-likeness (QED) is 0.796. The van der Waals surface area contributed by atoms with Gasteiger partial charge in [-0.25, -0.2) is 5.90 Å². The molecule has 2 rings (SSSR count). The molecule has 0 saturated carbocycles. The lowest BCUT2D eigenvalue weighted by Crippen LogP contribution is -2.14. The summed E-state index contributed by atoms with van der Waals surface area (Å²) in [5.41, 5.74) is 1.04. The van der Waals surface area contributed by atoms with Gasteiger partial charge in [0.2, 0.25) is 0 Å². The van der Waals surface area contributed by atoms with Gasteiger partial charge in [0.05, 0.1) is 6.61 Å². The van der Waals surface area contributed by atoms with Crippen LogP contribution in [0.1, 0.15) is 12.0 Å². The summed E-state index contributed by atoms with van der Waals surface area (Å²) < 4.78 is 5.85. The zero-order chi connectivity index (χ0) is 10.5. The van der Waals surface area contributed by atoms with Gasteiger partial charge in [-0.2, -0.15) is 11.8 Å². The lowest BCUT2D eigenvalue weighted by molar-refractivity contribution is 0.123. The maximum atomic E-state index is 5.85. The van der Waals surface area contributed by atoms with Crippen molar-refractivity contribution in [2.45, 2.75) is 19.1 Å². The van der Waals surface area contributed by atoms with Gasteiger partial charge in [-0.05, 0) is 29.9 Å². The monoisotopic (exact) mass is 225 g/mol.